The fourth-order valence-electron chi connectivity index (χ4n) is 4.00. The van der Waals surface area contributed by atoms with Crippen LogP contribution in [0.3, 0.4) is 0 Å². The van der Waals surface area contributed by atoms with Gasteiger partial charge in [0.25, 0.3) is 5.91 Å². The van der Waals surface area contributed by atoms with Crippen LogP contribution in [0.1, 0.15) is 36.9 Å². The minimum absolute atomic E-state index is 0.0502. The lowest BCUT2D eigenvalue weighted by Crippen LogP contribution is -2.62. The number of hydrogen-bond acceptors (Lipinski definition) is 5. The highest BCUT2D eigenvalue weighted by molar-refractivity contribution is 5.89. The maximum atomic E-state index is 14.6. The maximum Gasteiger partial charge on any atom is 0.266 e. The molecule has 2 aliphatic heterocycles. The lowest BCUT2D eigenvalue weighted by molar-refractivity contribution is -0.167. The number of carbonyl (C=O) groups excluding carboxylic acids is 1. The zero-order valence-electron chi connectivity index (χ0n) is 17.0. The normalized spacial score (nSPS) is 22.7. The Kier molecular flexibility index (Phi) is 6.05. The van der Waals surface area contributed by atoms with Crippen molar-refractivity contribution in [2.45, 2.75) is 38.0 Å². The number of rotatable bonds is 7. The highest BCUT2D eigenvalue weighted by Gasteiger charge is 2.52. The standard InChI is InChI=1S/C23H22F2N2O4/c1-2-29-20-10-14(12-26)5-8-19(20)31-22-21(17-11-15(24)6-7-18(17)25)27(23(22)28)13-16-4-3-9-30-16/h5-8,10-11,16,21-22H,2-4,9,13H2,1H3/t16-,21+,22-/m0/s1. The van der Waals surface area contributed by atoms with Crippen LogP contribution >= 0.6 is 0 Å². The van der Waals surface area contributed by atoms with Crippen LogP contribution in [0, 0.1) is 23.0 Å². The van der Waals surface area contributed by atoms with Crippen molar-refractivity contribution in [3.05, 3.63) is 59.2 Å². The number of nitriles is 1. The summed E-state index contributed by atoms with van der Waals surface area (Å²) in [6.07, 6.45) is 0.509. The largest absolute Gasteiger partial charge is 0.490 e. The summed E-state index contributed by atoms with van der Waals surface area (Å²) in [5.41, 5.74) is 0.428. The first kappa shape index (κ1) is 21.1. The Morgan fingerprint density at radius 1 is 1.23 bits per heavy atom. The molecule has 6 nitrogen and oxygen atoms in total. The Balaban J connectivity index is 1.65. The van der Waals surface area contributed by atoms with Gasteiger partial charge in [0.15, 0.2) is 11.5 Å². The highest BCUT2D eigenvalue weighted by atomic mass is 19.1. The van der Waals surface area contributed by atoms with Gasteiger partial charge in [0.1, 0.15) is 17.7 Å². The molecule has 0 N–H and O–H groups in total. The molecule has 8 heteroatoms. The SMILES string of the molecule is CCOc1cc(C#N)ccc1O[C@@H]1C(=O)N(C[C@@H]2CCCO2)[C@@H]1c1cc(F)ccc1F. The van der Waals surface area contributed by atoms with E-state index in [9.17, 15) is 13.6 Å². The van der Waals surface area contributed by atoms with Crippen LogP contribution in [0.15, 0.2) is 36.4 Å². The molecule has 3 atom stereocenters. The molecule has 2 aliphatic rings. The zero-order chi connectivity index (χ0) is 22.0. The van der Waals surface area contributed by atoms with Gasteiger partial charge in [-0.15, -0.1) is 0 Å². The van der Waals surface area contributed by atoms with E-state index in [1.165, 1.54) is 11.0 Å². The van der Waals surface area contributed by atoms with Crippen molar-refractivity contribution in [2.24, 2.45) is 0 Å². The highest BCUT2D eigenvalue weighted by Crippen LogP contribution is 2.41. The summed E-state index contributed by atoms with van der Waals surface area (Å²) in [5.74, 6) is -0.978. The van der Waals surface area contributed by atoms with E-state index in [4.69, 9.17) is 19.5 Å². The van der Waals surface area contributed by atoms with E-state index in [1.54, 1.807) is 19.1 Å². The lowest BCUT2D eigenvalue weighted by atomic mass is 9.89. The van der Waals surface area contributed by atoms with Crippen LogP contribution < -0.4 is 9.47 Å². The van der Waals surface area contributed by atoms with Gasteiger partial charge in [-0.1, -0.05) is 0 Å². The summed E-state index contributed by atoms with van der Waals surface area (Å²) in [7, 11) is 0. The third-order valence-electron chi connectivity index (χ3n) is 5.48. The zero-order valence-corrected chi connectivity index (χ0v) is 17.0. The van der Waals surface area contributed by atoms with Crippen molar-refractivity contribution < 1.29 is 27.8 Å². The Morgan fingerprint density at radius 2 is 2.06 bits per heavy atom. The van der Waals surface area contributed by atoms with Crippen molar-refractivity contribution >= 4 is 5.91 Å². The molecule has 0 spiro atoms. The summed E-state index contributed by atoms with van der Waals surface area (Å²) >= 11 is 0. The third kappa shape index (κ3) is 4.19. The molecule has 2 fully saturated rings. The van der Waals surface area contributed by atoms with E-state index in [1.807, 2.05) is 6.07 Å². The van der Waals surface area contributed by atoms with Gasteiger partial charge in [-0.2, -0.15) is 5.26 Å². The number of β-lactam (4-membered cyclic amide) rings is 1. The summed E-state index contributed by atoms with van der Waals surface area (Å²) in [5, 5.41) is 9.12. The molecule has 2 aromatic rings. The van der Waals surface area contributed by atoms with Crippen LogP contribution in [0.25, 0.3) is 0 Å². The Morgan fingerprint density at radius 3 is 2.77 bits per heavy atom. The van der Waals surface area contributed by atoms with Gasteiger partial charge in [-0.25, -0.2) is 8.78 Å². The minimum atomic E-state index is -1.05. The summed E-state index contributed by atoms with van der Waals surface area (Å²) < 4.78 is 45.6. The molecule has 2 heterocycles. The molecule has 0 bridgehead atoms. The average Bonchev–Trinajstić information content (AvgIpc) is 3.29. The van der Waals surface area contributed by atoms with Gasteiger partial charge < -0.3 is 19.1 Å². The Labute approximate surface area is 178 Å². The second kappa shape index (κ2) is 8.90. The molecule has 0 radical (unpaired) electrons. The van der Waals surface area contributed by atoms with Crippen LogP contribution in [-0.4, -0.2) is 42.8 Å². The number of halogens is 2. The molecular weight excluding hydrogens is 406 g/mol. The third-order valence-corrected chi connectivity index (χ3v) is 5.48. The fourth-order valence-corrected chi connectivity index (χ4v) is 4.00. The molecule has 0 aromatic heterocycles. The molecule has 2 aromatic carbocycles. The first-order valence-electron chi connectivity index (χ1n) is 10.2. The van der Waals surface area contributed by atoms with E-state index in [0.717, 1.165) is 31.0 Å². The van der Waals surface area contributed by atoms with E-state index in [2.05, 4.69) is 0 Å². The first-order valence-corrected chi connectivity index (χ1v) is 10.2. The van der Waals surface area contributed by atoms with Gasteiger partial charge in [0.2, 0.25) is 6.10 Å². The second-order valence-corrected chi connectivity index (χ2v) is 7.48. The first-order chi connectivity index (χ1) is 15.0. The summed E-state index contributed by atoms with van der Waals surface area (Å²) in [6.45, 7) is 3.02. The van der Waals surface area contributed by atoms with Crippen molar-refractivity contribution in [3.63, 3.8) is 0 Å². The molecule has 31 heavy (non-hydrogen) atoms. The molecule has 2 saturated heterocycles. The summed E-state index contributed by atoms with van der Waals surface area (Å²) in [4.78, 5) is 14.4. The van der Waals surface area contributed by atoms with Crippen LogP contribution in [-0.2, 0) is 9.53 Å². The number of carbonyl (C=O) groups is 1. The average molecular weight is 428 g/mol. The van der Waals surface area contributed by atoms with Gasteiger partial charge in [0.05, 0.1) is 24.3 Å². The number of hydrogen-bond donors (Lipinski definition) is 0. The van der Waals surface area contributed by atoms with Crippen LogP contribution in [0.4, 0.5) is 8.78 Å². The molecule has 0 aliphatic carbocycles. The van der Waals surface area contributed by atoms with Gasteiger partial charge in [-0.3, -0.25) is 4.79 Å². The minimum Gasteiger partial charge on any atom is -0.490 e. The van der Waals surface area contributed by atoms with Crippen molar-refractivity contribution in [2.75, 3.05) is 19.8 Å². The number of likely N-dealkylation sites (tertiary alicyclic amines) is 1. The van der Waals surface area contributed by atoms with Crippen molar-refractivity contribution in [1.82, 2.24) is 4.90 Å². The number of nitrogens with zero attached hydrogens (tertiary/aromatic N) is 2. The molecule has 0 saturated carbocycles. The second-order valence-electron chi connectivity index (χ2n) is 7.48. The van der Waals surface area contributed by atoms with E-state index in [-0.39, 0.29) is 29.9 Å². The number of benzene rings is 2. The predicted molar refractivity (Wildman–Crippen MR) is 107 cm³/mol. The number of ether oxygens (including phenoxy) is 3. The van der Waals surface area contributed by atoms with Crippen LogP contribution in [0.5, 0.6) is 11.5 Å². The smallest absolute Gasteiger partial charge is 0.266 e. The molecular formula is C23H22F2N2O4. The van der Waals surface area contributed by atoms with Gasteiger partial charge in [-0.05, 0) is 50.1 Å². The van der Waals surface area contributed by atoms with Crippen LogP contribution in [0.2, 0.25) is 0 Å². The monoisotopic (exact) mass is 428 g/mol. The van der Waals surface area contributed by atoms with E-state index >= 15 is 0 Å². The van der Waals surface area contributed by atoms with Crippen molar-refractivity contribution in [1.29, 1.82) is 5.26 Å². The Hall–Kier alpha value is -3.18. The summed E-state index contributed by atoms with van der Waals surface area (Å²) in [6, 6.07) is 8.99. The quantitative estimate of drug-likeness (QED) is 0.629. The molecule has 1 amide bonds. The van der Waals surface area contributed by atoms with Gasteiger partial charge >= 0.3 is 0 Å². The Bertz CT molecular complexity index is 1020. The molecule has 0 unspecified atom stereocenters. The van der Waals surface area contributed by atoms with E-state index < -0.39 is 23.8 Å². The lowest BCUT2D eigenvalue weighted by Gasteiger charge is -2.47. The topological polar surface area (TPSA) is 71.8 Å². The van der Waals surface area contributed by atoms with Gasteiger partial charge in [0, 0.05) is 24.8 Å². The van der Waals surface area contributed by atoms with Crippen molar-refractivity contribution in [3.8, 4) is 17.6 Å². The molecule has 162 valence electrons. The maximum absolute atomic E-state index is 14.6. The fraction of sp³-hybridized carbons (Fsp3) is 0.391. The van der Waals surface area contributed by atoms with E-state index in [0.29, 0.717) is 24.5 Å². The number of amides is 1. The molecule has 4 rings (SSSR count). The predicted octanol–water partition coefficient (Wildman–Crippen LogP) is 3.75.